The molecule has 0 heterocycles. The number of ether oxygens (including phenoxy) is 2. The Morgan fingerprint density at radius 3 is 1.75 bits per heavy atom. The van der Waals surface area contributed by atoms with Crippen molar-refractivity contribution < 1.29 is 9.47 Å². The van der Waals surface area contributed by atoms with E-state index in [1.54, 1.807) is 0 Å². The van der Waals surface area contributed by atoms with Gasteiger partial charge in [0.2, 0.25) is 0 Å². The second-order valence-corrected chi connectivity index (χ2v) is 6.03. The maximum Gasteiger partial charge on any atom is 0.136 e. The number of hydrogen-bond acceptors (Lipinski definition) is 2. The van der Waals surface area contributed by atoms with Crippen LogP contribution in [-0.2, 0) is 9.47 Å². The van der Waals surface area contributed by atoms with E-state index < -0.39 is 9.52 Å². The summed E-state index contributed by atoms with van der Waals surface area (Å²) in [4.78, 5) is 0. The van der Waals surface area contributed by atoms with Gasteiger partial charge in [-0.3, -0.25) is 0 Å². The third-order valence-corrected chi connectivity index (χ3v) is 2.92. The first-order valence-corrected chi connectivity index (χ1v) is 6.78. The zero-order chi connectivity index (χ0) is 9.56. The van der Waals surface area contributed by atoms with E-state index in [2.05, 4.69) is 0 Å². The standard InChI is InChI=1S/C8H19ClO2Si/c1-6(2)10-8(12-5-9)11-7(3)4/h6-8H,5,12H2,1-4H3. The lowest BCUT2D eigenvalue weighted by Gasteiger charge is -2.21. The molecule has 0 atom stereocenters. The minimum Gasteiger partial charge on any atom is -0.354 e. The van der Waals surface area contributed by atoms with E-state index in [0.29, 0.717) is 5.50 Å². The van der Waals surface area contributed by atoms with Crippen LogP contribution in [0.2, 0.25) is 0 Å². The van der Waals surface area contributed by atoms with Crippen LogP contribution in [0.25, 0.3) is 0 Å². The summed E-state index contributed by atoms with van der Waals surface area (Å²) >= 11 is 5.66. The van der Waals surface area contributed by atoms with Gasteiger partial charge in [0.15, 0.2) is 0 Å². The first kappa shape index (κ1) is 12.4. The predicted molar refractivity (Wildman–Crippen MR) is 55.5 cm³/mol. The maximum atomic E-state index is 5.66. The van der Waals surface area contributed by atoms with E-state index >= 15 is 0 Å². The second kappa shape index (κ2) is 6.89. The molecule has 2 nitrogen and oxygen atoms in total. The molecule has 0 aliphatic heterocycles. The van der Waals surface area contributed by atoms with E-state index in [0.717, 1.165) is 0 Å². The molecule has 0 bridgehead atoms. The first-order chi connectivity index (χ1) is 5.56. The van der Waals surface area contributed by atoms with Crippen molar-refractivity contribution in [1.29, 1.82) is 0 Å². The largest absolute Gasteiger partial charge is 0.354 e. The Hall–Kier alpha value is 0.427. The van der Waals surface area contributed by atoms with Crippen molar-refractivity contribution in [3.8, 4) is 0 Å². The van der Waals surface area contributed by atoms with Crippen molar-refractivity contribution in [2.24, 2.45) is 0 Å². The summed E-state index contributed by atoms with van der Waals surface area (Å²) in [5, 5.41) is 0. The van der Waals surface area contributed by atoms with Gasteiger partial charge in [-0.15, -0.1) is 11.6 Å². The van der Waals surface area contributed by atoms with Crippen molar-refractivity contribution in [2.45, 2.75) is 45.8 Å². The van der Waals surface area contributed by atoms with Crippen LogP contribution in [-0.4, -0.2) is 33.1 Å². The van der Waals surface area contributed by atoms with E-state index in [1.165, 1.54) is 0 Å². The topological polar surface area (TPSA) is 18.5 Å². The third-order valence-electron chi connectivity index (χ3n) is 1.19. The Morgan fingerprint density at radius 2 is 1.50 bits per heavy atom. The Labute approximate surface area is 82.4 Å². The van der Waals surface area contributed by atoms with Gasteiger partial charge in [0.05, 0.1) is 12.2 Å². The average Bonchev–Trinajstić information content (AvgIpc) is 1.84. The van der Waals surface area contributed by atoms with Crippen LogP contribution in [0.1, 0.15) is 27.7 Å². The molecule has 4 heteroatoms. The molecular weight excluding hydrogens is 192 g/mol. The van der Waals surface area contributed by atoms with E-state index in [-0.39, 0.29) is 18.1 Å². The molecule has 0 saturated heterocycles. The Balaban J connectivity index is 3.69. The fourth-order valence-electron chi connectivity index (χ4n) is 0.864. The average molecular weight is 211 g/mol. The summed E-state index contributed by atoms with van der Waals surface area (Å²) in [6.45, 7) is 8.05. The van der Waals surface area contributed by atoms with Gasteiger partial charge in [0.1, 0.15) is 15.4 Å². The lowest BCUT2D eigenvalue weighted by Crippen LogP contribution is -2.31. The van der Waals surface area contributed by atoms with Crippen LogP contribution < -0.4 is 0 Å². The number of halogens is 1. The van der Waals surface area contributed by atoms with Gasteiger partial charge in [0.25, 0.3) is 0 Å². The molecule has 0 aromatic heterocycles. The van der Waals surface area contributed by atoms with E-state index in [1.807, 2.05) is 27.7 Å². The zero-order valence-corrected chi connectivity index (χ0v) is 10.5. The van der Waals surface area contributed by atoms with Crippen molar-refractivity contribution >= 4 is 21.1 Å². The first-order valence-electron chi connectivity index (χ1n) is 4.43. The maximum absolute atomic E-state index is 5.66. The van der Waals surface area contributed by atoms with Gasteiger partial charge in [-0.05, 0) is 27.7 Å². The van der Waals surface area contributed by atoms with Crippen molar-refractivity contribution in [1.82, 2.24) is 0 Å². The molecule has 0 aliphatic carbocycles. The molecule has 0 aliphatic rings. The molecule has 0 saturated carbocycles. The molecule has 0 fully saturated rings. The van der Waals surface area contributed by atoms with Crippen LogP contribution in [0.3, 0.4) is 0 Å². The molecule has 0 amide bonds. The summed E-state index contributed by atoms with van der Waals surface area (Å²) in [6, 6.07) is 0. The summed E-state index contributed by atoms with van der Waals surface area (Å²) < 4.78 is 11.1. The van der Waals surface area contributed by atoms with E-state index in [4.69, 9.17) is 21.1 Å². The SMILES string of the molecule is CC(C)OC(OC(C)C)[SiH2]CCl. The normalized spacial score (nSPS) is 13.0. The third kappa shape index (κ3) is 7.10. The highest BCUT2D eigenvalue weighted by Gasteiger charge is 2.12. The van der Waals surface area contributed by atoms with Gasteiger partial charge in [-0.25, -0.2) is 0 Å². The molecular formula is C8H19ClO2Si. The molecule has 12 heavy (non-hydrogen) atoms. The fourth-order valence-corrected chi connectivity index (χ4v) is 2.62. The minimum absolute atomic E-state index is 0.0116. The Kier molecular flexibility index (Phi) is 7.14. The highest BCUT2D eigenvalue weighted by Crippen LogP contribution is 2.02. The summed E-state index contributed by atoms with van der Waals surface area (Å²) in [5.41, 5.74) is 0.712. The van der Waals surface area contributed by atoms with Gasteiger partial charge in [-0.2, -0.15) is 0 Å². The summed E-state index contributed by atoms with van der Waals surface area (Å²) in [6.07, 6.45) is 0.453. The van der Waals surface area contributed by atoms with Gasteiger partial charge < -0.3 is 9.47 Å². The molecule has 0 unspecified atom stereocenters. The predicted octanol–water partition coefficient (Wildman–Crippen LogP) is 1.49. The highest BCUT2D eigenvalue weighted by molar-refractivity contribution is 6.50. The minimum atomic E-state index is -0.429. The van der Waals surface area contributed by atoms with Gasteiger partial charge >= 0.3 is 0 Å². The van der Waals surface area contributed by atoms with Crippen molar-refractivity contribution in [2.75, 3.05) is 5.50 Å². The van der Waals surface area contributed by atoms with E-state index in [9.17, 15) is 0 Å². The number of rotatable bonds is 6. The molecule has 0 N–H and O–H groups in total. The molecule has 0 aromatic rings. The van der Waals surface area contributed by atoms with Crippen LogP contribution in [0, 0.1) is 0 Å². The summed E-state index contributed by atoms with van der Waals surface area (Å²) in [7, 11) is -0.429. The van der Waals surface area contributed by atoms with Crippen LogP contribution in [0.15, 0.2) is 0 Å². The number of hydrogen-bond donors (Lipinski definition) is 0. The molecule has 0 radical (unpaired) electrons. The molecule has 0 aromatic carbocycles. The lowest BCUT2D eigenvalue weighted by atomic mass is 10.5. The second-order valence-electron chi connectivity index (χ2n) is 3.28. The number of alkyl halides is 1. The van der Waals surface area contributed by atoms with Crippen LogP contribution in [0.5, 0.6) is 0 Å². The molecule has 0 rings (SSSR count). The monoisotopic (exact) mass is 210 g/mol. The van der Waals surface area contributed by atoms with Crippen LogP contribution >= 0.6 is 11.6 Å². The smallest absolute Gasteiger partial charge is 0.136 e. The highest BCUT2D eigenvalue weighted by atomic mass is 35.5. The summed E-state index contributed by atoms with van der Waals surface area (Å²) in [5.74, 6) is -0.0116. The zero-order valence-electron chi connectivity index (χ0n) is 8.34. The van der Waals surface area contributed by atoms with Crippen LogP contribution in [0.4, 0.5) is 0 Å². The fraction of sp³-hybridized carbons (Fsp3) is 1.00. The van der Waals surface area contributed by atoms with Crippen molar-refractivity contribution in [3.05, 3.63) is 0 Å². The van der Waals surface area contributed by atoms with Gasteiger partial charge in [0, 0.05) is 5.50 Å². The lowest BCUT2D eigenvalue weighted by molar-refractivity contribution is -0.133. The Morgan fingerprint density at radius 1 is 1.08 bits per heavy atom. The van der Waals surface area contributed by atoms with Gasteiger partial charge in [-0.1, -0.05) is 0 Å². The Bertz CT molecular complexity index is 99.2. The quantitative estimate of drug-likeness (QED) is 0.376. The molecule has 0 spiro atoms. The van der Waals surface area contributed by atoms with Crippen molar-refractivity contribution in [3.63, 3.8) is 0 Å². The molecule has 74 valence electrons.